The van der Waals surface area contributed by atoms with Crippen LogP contribution in [0, 0.1) is 0 Å². The molecule has 1 fully saturated rings. The molecule has 2 rings (SSSR count). The number of amides is 1. The summed E-state index contributed by atoms with van der Waals surface area (Å²) in [5.74, 6) is 0.179. The van der Waals surface area contributed by atoms with Crippen molar-refractivity contribution >= 4 is 43.5 Å². The first-order valence-electron chi connectivity index (χ1n) is 6.63. The summed E-state index contributed by atoms with van der Waals surface area (Å²) in [6.45, 7) is 3.80. The highest BCUT2D eigenvalue weighted by atomic mass is 79.9. The highest BCUT2D eigenvalue weighted by Crippen LogP contribution is 2.31. The van der Waals surface area contributed by atoms with Gasteiger partial charge in [0.25, 0.3) is 0 Å². The lowest BCUT2D eigenvalue weighted by Gasteiger charge is -2.33. The van der Waals surface area contributed by atoms with E-state index in [0.717, 1.165) is 47.0 Å². The lowest BCUT2D eigenvalue weighted by molar-refractivity contribution is -0.121. The quantitative estimate of drug-likeness (QED) is 0.851. The van der Waals surface area contributed by atoms with Crippen molar-refractivity contribution in [3.05, 3.63) is 27.1 Å². The Morgan fingerprint density at radius 3 is 2.95 bits per heavy atom. The zero-order chi connectivity index (χ0) is 13.8. The van der Waals surface area contributed by atoms with Crippen molar-refractivity contribution in [3.63, 3.8) is 0 Å². The molecular formula is C14H18Br2N2O. The van der Waals surface area contributed by atoms with E-state index in [2.05, 4.69) is 44.1 Å². The zero-order valence-electron chi connectivity index (χ0n) is 11.0. The van der Waals surface area contributed by atoms with Gasteiger partial charge >= 0.3 is 0 Å². The van der Waals surface area contributed by atoms with E-state index in [9.17, 15) is 4.79 Å². The summed E-state index contributed by atoms with van der Waals surface area (Å²) in [6, 6.07) is 5.88. The van der Waals surface area contributed by atoms with Crippen molar-refractivity contribution in [1.82, 2.24) is 5.32 Å². The Morgan fingerprint density at radius 2 is 2.21 bits per heavy atom. The molecule has 0 radical (unpaired) electrons. The maximum atomic E-state index is 12.5. The second-order valence-electron chi connectivity index (χ2n) is 4.73. The van der Waals surface area contributed by atoms with E-state index in [-0.39, 0.29) is 11.9 Å². The second-order valence-corrected chi connectivity index (χ2v) is 6.50. The van der Waals surface area contributed by atoms with Crippen LogP contribution in [0.4, 0.5) is 5.69 Å². The van der Waals surface area contributed by atoms with Crippen molar-refractivity contribution in [3.8, 4) is 0 Å². The third kappa shape index (κ3) is 3.58. The standard InChI is InChI=1S/C14H18Br2N2O/c1-2-7-17-12-4-3-8-18(14(12)19)13-9-10(15)5-6-11(13)16/h5-6,9,12,17H,2-4,7-8H2,1H3. The summed E-state index contributed by atoms with van der Waals surface area (Å²) in [4.78, 5) is 14.4. The predicted octanol–water partition coefficient (Wildman–Crippen LogP) is 3.71. The molecule has 3 nitrogen and oxygen atoms in total. The van der Waals surface area contributed by atoms with E-state index in [1.165, 1.54) is 0 Å². The largest absolute Gasteiger partial charge is 0.310 e. The van der Waals surface area contributed by atoms with Gasteiger partial charge in [0.2, 0.25) is 5.91 Å². The Balaban J connectivity index is 2.19. The van der Waals surface area contributed by atoms with Gasteiger partial charge < -0.3 is 10.2 Å². The Labute approximate surface area is 131 Å². The van der Waals surface area contributed by atoms with Gasteiger partial charge in [-0.05, 0) is 59.9 Å². The molecule has 0 bridgehead atoms. The van der Waals surface area contributed by atoms with Crippen LogP contribution in [0.2, 0.25) is 0 Å². The number of nitrogens with zero attached hydrogens (tertiary/aromatic N) is 1. The summed E-state index contributed by atoms with van der Waals surface area (Å²) >= 11 is 7.00. The molecule has 1 saturated heterocycles. The number of carbonyl (C=O) groups is 1. The van der Waals surface area contributed by atoms with Crippen LogP contribution >= 0.6 is 31.9 Å². The van der Waals surface area contributed by atoms with Crippen LogP contribution in [0.1, 0.15) is 26.2 Å². The lowest BCUT2D eigenvalue weighted by atomic mass is 10.0. The van der Waals surface area contributed by atoms with Crippen LogP contribution in [0.25, 0.3) is 0 Å². The lowest BCUT2D eigenvalue weighted by Crippen LogP contribution is -2.51. The second kappa shape index (κ2) is 6.86. The molecule has 1 aliphatic rings. The first kappa shape index (κ1) is 15.0. The molecule has 104 valence electrons. The fourth-order valence-electron chi connectivity index (χ4n) is 2.32. The third-order valence-corrected chi connectivity index (χ3v) is 4.44. The number of anilines is 1. The topological polar surface area (TPSA) is 32.3 Å². The van der Waals surface area contributed by atoms with E-state index in [1.807, 2.05) is 23.1 Å². The van der Waals surface area contributed by atoms with Crippen molar-refractivity contribution in [1.29, 1.82) is 0 Å². The molecule has 1 aliphatic heterocycles. The average Bonchev–Trinajstić information content (AvgIpc) is 2.41. The van der Waals surface area contributed by atoms with E-state index in [1.54, 1.807) is 0 Å². The Morgan fingerprint density at radius 1 is 1.42 bits per heavy atom. The molecule has 19 heavy (non-hydrogen) atoms. The predicted molar refractivity (Wildman–Crippen MR) is 85.5 cm³/mol. The summed E-state index contributed by atoms with van der Waals surface area (Å²) in [7, 11) is 0. The molecule has 1 atom stereocenters. The number of hydrogen-bond acceptors (Lipinski definition) is 2. The number of benzene rings is 1. The van der Waals surface area contributed by atoms with Crippen molar-refractivity contribution in [2.24, 2.45) is 0 Å². The molecule has 1 unspecified atom stereocenters. The first-order chi connectivity index (χ1) is 9.13. The molecule has 0 aromatic heterocycles. The minimum Gasteiger partial charge on any atom is -0.310 e. The normalized spacial score (nSPS) is 19.8. The van der Waals surface area contributed by atoms with Crippen molar-refractivity contribution in [2.45, 2.75) is 32.2 Å². The van der Waals surface area contributed by atoms with Gasteiger partial charge in [-0.15, -0.1) is 0 Å². The van der Waals surface area contributed by atoms with E-state index >= 15 is 0 Å². The molecule has 1 amide bonds. The van der Waals surface area contributed by atoms with Crippen LogP contribution in [0.3, 0.4) is 0 Å². The number of rotatable bonds is 4. The highest BCUT2D eigenvalue weighted by Gasteiger charge is 2.30. The van der Waals surface area contributed by atoms with Gasteiger partial charge in [0.15, 0.2) is 0 Å². The van der Waals surface area contributed by atoms with Crippen LogP contribution in [-0.4, -0.2) is 25.0 Å². The maximum absolute atomic E-state index is 12.5. The molecule has 0 spiro atoms. The Hall–Kier alpha value is -0.390. The fourth-order valence-corrected chi connectivity index (χ4v) is 3.12. The van der Waals surface area contributed by atoms with Crippen LogP contribution in [0.5, 0.6) is 0 Å². The van der Waals surface area contributed by atoms with Gasteiger partial charge in [-0.3, -0.25) is 4.79 Å². The maximum Gasteiger partial charge on any atom is 0.244 e. The summed E-state index contributed by atoms with van der Waals surface area (Å²) in [5.41, 5.74) is 0.947. The molecule has 1 N–H and O–H groups in total. The van der Waals surface area contributed by atoms with Crippen LogP contribution < -0.4 is 10.2 Å². The van der Waals surface area contributed by atoms with Crippen molar-refractivity contribution < 1.29 is 4.79 Å². The van der Waals surface area contributed by atoms with Gasteiger partial charge in [-0.2, -0.15) is 0 Å². The number of halogens is 2. The molecule has 0 aliphatic carbocycles. The Kier molecular flexibility index (Phi) is 5.42. The van der Waals surface area contributed by atoms with E-state index in [0.29, 0.717) is 0 Å². The summed E-state index contributed by atoms with van der Waals surface area (Å²) < 4.78 is 1.95. The van der Waals surface area contributed by atoms with Gasteiger partial charge in [-0.1, -0.05) is 22.9 Å². The molecule has 1 aromatic rings. The fraction of sp³-hybridized carbons (Fsp3) is 0.500. The first-order valence-corrected chi connectivity index (χ1v) is 8.22. The van der Waals surface area contributed by atoms with Gasteiger partial charge in [0.1, 0.15) is 0 Å². The van der Waals surface area contributed by atoms with Gasteiger partial charge in [0, 0.05) is 15.5 Å². The van der Waals surface area contributed by atoms with Gasteiger partial charge in [0.05, 0.1) is 11.7 Å². The highest BCUT2D eigenvalue weighted by molar-refractivity contribution is 9.11. The smallest absolute Gasteiger partial charge is 0.244 e. The van der Waals surface area contributed by atoms with E-state index in [4.69, 9.17) is 0 Å². The number of nitrogens with one attached hydrogen (secondary N) is 1. The summed E-state index contributed by atoms with van der Waals surface area (Å²) in [6.07, 6.45) is 3.01. The molecular weight excluding hydrogens is 372 g/mol. The van der Waals surface area contributed by atoms with Crippen LogP contribution in [-0.2, 0) is 4.79 Å². The number of piperidine rings is 1. The Bertz CT molecular complexity index is 465. The van der Waals surface area contributed by atoms with Gasteiger partial charge in [-0.25, -0.2) is 0 Å². The minimum atomic E-state index is -0.0421. The average molecular weight is 390 g/mol. The van der Waals surface area contributed by atoms with E-state index < -0.39 is 0 Å². The molecule has 1 heterocycles. The molecule has 5 heteroatoms. The molecule has 1 aromatic carbocycles. The van der Waals surface area contributed by atoms with Crippen molar-refractivity contribution in [2.75, 3.05) is 18.0 Å². The zero-order valence-corrected chi connectivity index (χ0v) is 14.1. The summed E-state index contributed by atoms with van der Waals surface area (Å²) in [5, 5.41) is 3.34. The third-order valence-electron chi connectivity index (χ3n) is 3.28. The monoisotopic (exact) mass is 388 g/mol. The minimum absolute atomic E-state index is 0.0421. The molecule has 0 saturated carbocycles. The number of carbonyl (C=O) groups excluding carboxylic acids is 1. The van der Waals surface area contributed by atoms with Crippen LogP contribution in [0.15, 0.2) is 27.1 Å². The number of hydrogen-bond donors (Lipinski definition) is 1. The SMILES string of the molecule is CCCNC1CCCN(c2cc(Br)ccc2Br)C1=O.